The van der Waals surface area contributed by atoms with Crippen LogP contribution in [0.3, 0.4) is 0 Å². The van der Waals surface area contributed by atoms with Crippen LogP contribution in [-0.4, -0.2) is 17.5 Å². The maximum Gasteiger partial charge on any atom is 0.0208 e. The van der Waals surface area contributed by atoms with Crippen molar-refractivity contribution in [3.05, 3.63) is 34.9 Å². The molecule has 2 aliphatic rings. The zero-order valence-electron chi connectivity index (χ0n) is 10.4. The number of nitrogens with one attached hydrogen (secondary N) is 1. The van der Waals surface area contributed by atoms with E-state index in [1.807, 2.05) is 0 Å². The summed E-state index contributed by atoms with van der Waals surface area (Å²) in [5.41, 5.74) is 4.66. The van der Waals surface area contributed by atoms with Crippen molar-refractivity contribution in [1.82, 2.24) is 5.32 Å². The van der Waals surface area contributed by atoms with E-state index in [-0.39, 0.29) is 0 Å². The molecule has 1 saturated heterocycles. The van der Waals surface area contributed by atoms with E-state index in [9.17, 15) is 0 Å². The van der Waals surface area contributed by atoms with Crippen LogP contribution in [0.2, 0.25) is 0 Å². The average molecular weight is 247 g/mol. The van der Waals surface area contributed by atoms with Gasteiger partial charge in [0.25, 0.3) is 0 Å². The Kier molecular flexibility index (Phi) is 3.72. The lowest BCUT2D eigenvalue weighted by molar-refractivity contribution is 0.507. The summed E-state index contributed by atoms with van der Waals surface area (Å²) in [6.07, 6.45) is 6.68. The minimum atomic E-state index is 0.738. The molecular formula is C15H21NS. The SMILES string of the molecule is c1cc2c(cc1CNC1CCCSC1)CCC2. The second-order valence-electron chi connectivity index (χ2n) is 5.25. The number of thioether (sulfide) groups is 1. The zero-order chi connectivity index (χ0) is 11.5. The molecule has 1 aromatic rings. The summed E-state index contributed by atoms with van der Waals surface area (Å²) >= 11 is 2.10. The Morgan fingerprint density at radius 2 is 2.12 bits per heavy atom. The highest BCUT2D eigenvalue weighted by Crippen LogP contribution is 2.23. The van der Waals surface area contributed by atoms with Gasteiger partial charge in [-0.25, -0.2) is 0 Å². The van der Waals surface area contributed by atoms with Crippen molar-refractivity contribution >= 4 is 11.8 Å². The molecule has 1 aromatic carbocycles. The molecule has 1 aliphatic heterocycles. The molecule has 0 aromatic heterocycles. The number of hydrogen-bond acceptors (Lipinski definition) is 2. The van der Waals surface area contributed by atoms with E-state index in [2.05, 4.69) is 35.3 Å². The van der Waals surface area contributed by atoms with E-state index in [0.29, 0.717) is 0 Å². The Morgan fingerprint density at radius 3 is 3.00 bits per heavy atom. The Bertz CT molecular complexity index is 383. The fourth-order valence-electron chi connectivity index (χ4n) is 2.90. The van der Waals surface area contributed by atoms with Crippen molar-refractivity contribution in [2.45, 2.75) is 44.7 Å². The van der Waals surface area contributed by atoms with Crippen LogP contribution < -0.4 is 5.32 Å². The van der Waals surface area contributed by atoms with Crippen molar-refractivity contribution in [2.24, 2.45) is 0 Å². The summed E-state index contributed by atoms with van der Waals surface area (Å²) in [4.78, 5) is 0. The standard InChI is InChI=1S/C15H21NS/c1-3-13-7-6-12(9-14(13)4-1)10-16-15-5-2-8-17-11-15/h6-7,9,15-16H,1-5,8,10-11H2. The van der Waals surface area contributed by atoms with Crippen LogP contribution in [0.5, 0.6) is 0 Å². The first-order valence-electron chi connectivity index (χ1n) is 6.83. The lowest BCUT2D eigenvalue weighted by Gasteiger charge is -2.22. The first-order chi connectivity index (χ1) is 8.42. The highest BCUT2D eigenvalue weighted by atomic mass is 32.2. The van der Waals surface area contributed by atoms with Crippen LogP contribution in [-0.2, 0) is 19.4 Å². The van der Waals surface area contributed by atoms with E-state index >= 15 is 0 Å². The summed E-state index contributed by atoms with van der Waals surface area (Å²) in [5, 5.41) is 3.71. The Morgan fingerprint density at radius 1 is 1.18 bits per heavy atom. The lowest BCUT2D eigenvalue weighted by atomic mass is 10.1. The summed E-state index contributed by atoms with van der Waals surface area (Å²) in [6, 6.07) is 7.81. The van der Waals surface area contributed by atoms with E-state index < -0.39 is 0 Å². The molecular weight excluding hydrogens is 226 g/mol. The second-order valence-corrected chi connectivity index (χ2v) is 6.40. The maximum absolute atomic E-state index is 3.71. The van der Waals surface area contributed by atoms with E-state index in [4.69, 9.17) is 0 Å². The molecule has 1 atom stereocenters. The molecule has 1 nitrogen and oxygen atoms in total. The topological polar surface area (TPSA) is 12.0 Å². The highest BCUT2D eigenvalue weighted by Gasteiger charge is 2.14. The van der Waals surface area contributed by atoms with Crippen LogP contribution in [0.25, 0.3) is 0 Å². The summed E-state index contributed by atoms with van der Waals surface area (Å²) < 4.78 is 0. The Hall–Kier alpha value is -0.470. The second kappa shape index (κ2) is 5.45. The number of benzene rings is 1. The van der Waals surface area contributed by atoms with Crippen LogP contribution >= 0.6 is 11.8 Å². The molecule has 17 heavy (non-hydrogen) atoms. The highest BCUT2D eigenvalue weighted by molar-refractivity contribution is 7.99. The predicted octanol–water partition coefficient (Wildman–Crippen LogP) is 3.16. The fraction of sp³-hybridized carbons (Fsp3) is 0.600. The molecule has 1 heterocycles. The lowest BCUT2D eigenvalue weighted by Crippen LogP contribution is -2.33. The molecule has 1 fully saturated rings. The van der Waals surface area contributed by atoms with Crippen molar-refractivity contribution in [1.29, 1.82) is 0 Å². The van der Waals surface area contributed by atoms with Gasteiger partial charge in [0.2, 0.25) is 0 Å². The molecule has 0 spiro atoms. The minimum absolute atomic E-state index is 0.738. The number of fused-ring (bicyclic) bond motifs is 1. The first-order valence-corrected chi connectivity index (χ1v) is 7.99. The normalized spacial score (nSPS) is 23.6. The smallest absolute Gasteiger partial charge is 0.0208 e. The van der Waals surface area contributed by atoms with Crippen LogP contribution in [0.4, 0.5) is 0 Å². The largest absolute Gasteiger partial charge is 0.309 e. The molecule has 1 unspecified atom stereocenters. The van der Waals surface area contributed by atoms with Gasteiger partial charge in [-0.3, -0.25) is 0 Å². The molecule has 92 valence electrons. The van der Waals surface area contributed by atoms with E-state index in [1.54, 1.807) is 11.1 Å². The molecule has 3 rings (SSSR count). The van der Waals surface area contributed by atoms with Crippen molar-refractivity contribution in [3.63, 3.8) is 0 Å². The van der Waals surface area contributed by atoms with Crippen LogP contribution in [0, 0.1) is 0 Å². The third-order valence-corrected chi connectivity index (χ3v) is 5.13. The average Bonchev–Trinajstić information content (AvgIpc) is 2.85. The van der Waals surface area contributed by atoms with Gasteiger partial charge in [0.15, 0.2) is 0 Å². The molecule has 0 bridgehead atoms. The van der Waals surface area contributed by atoms with Crippen LogP contribution in [0.1, 0.15) is 36.0 Å². The van der Waals surface area contributed by atoms with Gasteiger partial charge in [-0.2, -0.15) is 11.8 Å². The van der Waals surface area contributed by atoms with Crippen LogP contribution in [0.15, 0.2) is 18.2 Å². The van der Waals surface area contributed by atoms with Gasteiger partial charge in [-0.1, -0.05) is 18.2 Å². The third kappa shape index (κ3) is 2.86. The molecule has 0 radical (unpaired) electrons. The molecule has 0 saturated carbocycles. The molecule has 2 heteroatoms. The summed E-state index contributed by atoms with van der Waals surface area (Å²) in [7, 11) is 0. The molecule has 0 amide bonds. The minimum Gasteiger partial charge on any atom is -0.309 e. The molecule has 1 aliphatic carbocycles. The van der Waals surface area contributed by atoms with Gasteiger partial charge >= 0.3 is 0 Å². The first kappa shape index (κ1) is 11.6. The van der Waals surface area contributed by atoms with Crippen molar-refractivity contribution < 1.29 is 0 Å². The zero-order valence-corrected chi connectivity index (χ0v) is 11.2. The monoisotopic (exact) mass is 247 g/mol. The van der Waals surface area contributed by atoms with Gasteiger partial charge in [0.05, 0.1) is 0 Å². The Labute approximate surface area is 108 Å². The third-order valence-electron chi connectivity index (χ3n) is 3.92. The maximum atomic E-state index is 3.71. The number of hydrogen-bond donors (Lipinski definition) is 1. The van der Waals surface area contributed by atoms with Gasteiger partial charge in [-0.15, -0.1) is 0 Å². The van der Waals surface area contributed by atoms with Gasteiger partial charge in [0, 0.05) is 18.3 Å². The number of aryl methyl sites for hydroxylation is 2. The van der Waals surface area contributed by atoms with E-state index in [1.165, 1.54) is 49.2 Å². The summed E-state index contributed by atoms with van der Waals surface area (Å²) in [5.74, 6) is 2.65. The number of rotatable bonds is 3. The predicted molar refractivity (Wildman–Crippen MR) is 75.7 cm³/mol. The Balaban J connectivity index is 1.57. The molecule has 1 N–H and O–H groups in total. The fourth-order valence-corrected chi connectivity index (χ4v) is 4.01. The van der Waals surface area contributed by atoms with Gasteiger partial charge in [-0.05, 0) is 54.5 Å². The van der Waals surface area contributed by atoms with Gasteiger partial charge < -0.3 is 5.32 Å². The van der Waals surface area contributed by atoms with Crippen molar-refractivity contribution in [2.75, 3.05) is 11.5 Å². The quantitative estimate of drug-likeness (QED) is 0.880. The van der Waals surface area contributed by atoms with E-state index in [0.717, 1.165) is 12.6 Å². The van der Waals surface area contributed by atoms with Gasteiger partial charge in [0.1, 0.15) is 0 Å². The van der Waals surface area contributed by atoms with Crippen molar-refractivity contribution in [3.8, 4) is 0 Å². The summed E-state index contributed by atoms with van der Waals surface area (Å²) in [6.45, 7) is 1.05.